The van der Waals surface area contributed by atoms with Gasteiger partial charge in [-0.15, -0.1) is 11.3 Å². The largest absolute Gasteiger partial charge is 0.493 e. The highest BCUT2D eigenvalue weighted by atomic mass is 32.1. The van der Waals surface area contributed by atoms with Gasteiger partial charge < -0.3 is 28.7 Å². The molecule has 0 amide bonds. The van der Waals surface area contributed by atoms with Crippen molar-refractivity contribution >= 4 is 41.4 Å². The van der Waals surface area contributed by atoms with Crippen LogP contribution in [-0.4, -0.2) is 86.9 Å². The number of carbonyl (C=O) groups is 1. The molecule has 0 spiro atoms. The first-order valence-corrected chi connectivity index (χ1v) is 12.7. The maximum absolute atomic E-state index is 12.3. The molecule has 1 aromatic carbocycles. The average molecular weight is 526 g/mol. The number of nitrogens with one attached hydrogen (secondary N) is 1. The quantitative estimate of drug-likeness (QED) is 0.202. The van der Waals surface area contributed by atoms with E-state index in [0.717, 1.165) is 5.56 Å². The van der Waals surface area contributed by atoms with E-state index in [1.807, 2.05) is 5.38 Å². The topological polar surface area (TPSA) is 124 Å². The van der Waals surface area contributed by atoms with Gasteiger partial charge in [0.25, 0.3) is 0 Å². The predicted molar refractivity (Wildman–Crippen MR) is 139 cm³/mol. The smallest absolute Gasteiger partial charge is 0.353 e. The fraction of sp³-hybridized carbons (Fsp3) is 0.375. The molecule has 12 nitrogen and oxygen atoms in total. The lowest BCUT2D eigenvalue weighted by atomic mass is 10.2. The van der Waals surface area contributed by atoms with E-state index in [2.05, 4.69) is 30.3 Å². The lowest BCUT2D eigenvalue weighted by Crippen LogP contribution is -2.40. The molecule has 2 aliphatic rings. The summed E-state index contributed by atoms with van der Waals surface area (Å²) in [5, 5.41) is 6.14. The minimum absolute atomic E-state index is 0.328. The van der Waals surface area contributed by atoms with Crippen LogP contribution in [0.1, 0.15) is 15.2 Å². The maximum atomic E-state index is 12.3. The molecule has 0 atom stereocenters. The maximum Gasteiger partial charge on any atom is 0.353 e. The van der Waals surface area contributed by atoms with Crippen molar-refractivity contribution in [2.24, 2.45) is 5.10 Å². The molecular weight excluding hydrogens is 498 g/mol. The molecule has 194 valence electrons. The normalized spacial score (nSPS) is 16.1. The Labute approximate surface area is 217 Å². The van der Waals surface area contributed by atoms with Crippen LogP contribution in [0.15, 0.2) is 40.8 Å². The van der Waals surface area contributed by atoms with Crippen LogP contribution in [-0.2, 0) is 9.47 Å². The fourth-order valence-corrected chi connectivity index (χ4v) is 4.37. The van der Waals surface area contributed by atoms with E-state index in [9.17, 15) is 4.79 Å². The number of benzene rings is 1. The summed E-state index contributed by atoms with van der Waals surface area (Å²) in [5.41, 5.74) is 3.65. The van der Waals surface area contributed by atoms with Crippen LogP contribution in [0.4, 0.5) is 17.8 Å². The summed E-state index contributed by atoms with van der Waals surface area (Å²) in [5.74, 6) is 1.81. The number of esters is 1. The molecule has 0 saturated carbocycles. The van der Waals surface area contributed by atoms with Crippen molar-refractivity contribution in [2.45, 2.75) is 0 Å². The molecule has 13 heteroatoms. The van der Waals surface area contributed by atoms with Gasteiger partial charge in [0.1, 0.15) is 4.88 Å². The van der Waals surface area contributed by atoms with Gasteiger partial charge >= 0.3 is 5.97 Å². The summed E-state index contributed by atoms with van der Waals surface area (Å²) in [4.78, 5) is 30.8. The third kappa shape index (κ3) is 6.31. The Balaban J connectivity index is 1.31. The van der Waals surface area contributed by atoms with E-state index < -0.39 is 5.97 Å². The number of hydrogen-bond acceptors (Lipinski definition) is 13. The molecule has 0 unspecified atom stereocenters. The Morgan fingerprint density at radius 1 is 1.00 bits per heavy atom. The molecule has 2 aromatic heterocycles. The second kappa shape index (κ2) is 12.0. The molecule has 2 fully saturated rings. The molecule has 2 aliphatic heterocycles. The number of anilines is 3. The monoisotopic (exact) mass is 525 g/mol. The third-order valence-corrected chi connectivity index (χ3v) is 6.54. The number of aromatic nitrogens is 3. The Morgan fingerprint density at radius 2 is 1.68 bits per heavy atom. The molecule has 37 heavy (non-hydrogen) atoms. The lowest BCUT2D eigenvalue weighted by Gasteiger charge is -2.30. The van der Waals surface area contributed by atoms with Gasteiger partial charge in [-0.1, -0.05) is 6.07 Å². The van der Waals surface area contributed by atoms with Gasteiger partial charge in [0.2, 0.25) is 17.8 Å². The van der Waals surface area contributed by atoms with Crippen LogP contribution >= 0.6 is 11.3 Å². The molecule has 0 aliphatic carbocycles. The first-order chi connectivity index (χ1) is 18.2. The molecule has 3 aromatic rings. The lowest BCUT2D eigenvalue weighted by molar-refractivity contribution is 0.0735. The number of nitrogens with zero attached hydrogens (tertiary/aromatic N) is 6. The molecule has 0 radical (unpaired) electrons. The number of hydrazone groups is 1. The fourth-order valence-electron chi connectivity index (χ4n) is 3.77. The zero-order valence-corrected chi connectivity index (χ0v) is 21.1. The van der Waals surface area contributed by atoms with E-state index in [-0.39, 0.29) is 0 Å². The molecule has 1 N–H and O–H groups in total. The van der Waals surface area contributed by atoms with Gasteiger partial charge in [-0.2, -0.15) is 20.1 Å². The van der Waals surface area contributed by atoms with Crippen molar-refractivity contribution in [1.82, 2.24) is 15.0 Å². The minimum atomic E-state index is -0.432. The van der Waals surface area contributed by atoms with E-state index in [1.165, 1.54) is 18.4 Å². The SMILES string of the molecule is COc1cc(/C=N\Nc2nc(N3CCOCC3)nc(N3CCOCC3)n2)ccc1OC(=O)c1cccs1. The van der Waals surface area contributed by atoms with E-state index >= 15 is 0 Å². The number of methoxy groups -OCH3 is 1. The van der Waals surface area contributed by atoms with Crippen molar-refractivity contribution in [1.29, 1.82) is 0 Å². The Kier molecular flexibility index (Phi) is 8.03. The van der Waals surface area contributed by atoms with Gasteiger partial charge in [-0.05, 0) is 35.2 Å². The first kappa shape index (κ1) is 24.9. The van der Waals surface area contributed by atoms with Crippen LogP contribution in [0.3, 0.4) is 0 Å². The summed E-state index contributed by atoms with van der Waals surface area (Å²) in [6.07, 6.45) is 1.61. The van der Waals surface area contributed by atoms with Crippen LogP contribution in [0, 0.1) is 0 Å². The van der Waals surface area contributed by atoms with Crippen LogP contribution in [0.2, 0.25) is 0 Å². The third-order valence-electron chi connectivity index (χ3n) is 5.69. The zero-order valence-electron chi connectivity index (χ0n) is 20.3. The highest BCUT2D eigenvalue weighted by Crippen LogP contribution is 2.29. The van der Waals surface area contributed by atoms with E-state index in [0.29, 0.717) is 86.8 Å². The number of morpholine rings is 2. The van der Waals surface area contributed by atoms with Gasteiger partial charge in [0.05, 0.1) is 39.8 Å². The van der Waals surface area contributed by atoms with E-state index in [4.69, 9.17) is 23.9 Å². The second-order valence-corrected chi connectivity index (χ2v) is 9.05. The highest BCUT2D eigenvalue weighted by molar-refractivity contribution is 7.12. The minimum Gasteiger partial charge on any atom is -0.493 e. The number of rotatable bonds is 8. The number of carbonyl (C=O) groups excluding carboxylic acids is 1. The highest BCUT2D eigenvalue weighted by Gasteiger charge is 2.20. The Hall–Kier alpha value is -3.81. The summed E-state index contributed by atoms with van der Waals surface area (Å²) < 4.78 is 21.8. The van der Waals surface area contributed by atoms with Crippen LogP contribution in [0.25, 0.3) is 0 Å². The number of thiophene rings is 1. The van der Waals surface area contributed by atoms with Gasteiger partial charge in [-0.25, -0.2) is 10.2 Å². The summed E-state index contributed by atoms with van der Waals surface area (Å²) >= 11 is 1.32. The van der Waals surface area contributed by atoms with Crippen molar-refractivity contribution < 1.29 is 23.7 Å². The van der Waals surface area contributed by atoms with Crippen molar-refractivity contribution in [3.8, 4) is 11.5 Å². The molecule has 5 rings (SSSR count). The standard InChI is InChI=1S/C24H27N7O5S/c1-33-19-15-17(4-5-18(19)36-21(32)20-3-2-14-37-20)16-25-29-22-26-23(30-6-10-34-11-7-30)28-24(27-22)31-8-12-35-13-9-31/h2-5,14-16H,6-13H2,1H3,(H,26,27,28,29)/b25-16-. The van der Waals surface area contributed by atoms with Crippen molar-refractivity contribution in [3.05, 3.63) is 46.2 Å². The zero-order chi connectivity index (χ0) is 25.5. The summed E-state index contributed by atoms with van der Waals surface area (Å²) in [6, 6.07) is 8.68. The van der Waals surface area contributed by atoms with Crippen molar-refractivity contribution in [2.75, 3.05) is 74.9 Å². The van der Waals surface area contributed by atoms with Crippen LogP contribution < -0.4 is 24.7 Å². The predicted octanol–water partition coefficient (Wildman–Crippen LogP) is 2.28. The molecular formula is C24H27N7O5S. The summed E-state index contributed by atoms with van der Waals surface area (Å²) in [7, 11) is 1.52. The number of hydrogen-bond donors (Lipinski definition) is 1. The van der Waals surface area contributed by atoms with Crippen molar-refractivity contribution in [3.63, 3.8) is 0 Å². The first-order valence-electron chi connectivity index (χ1n) is 11.8. The Bertz CT molecular complexity index is 1190. The average Bonchev–Trinajstić information content (AvgIpc) is 3.50. The Morgan fingerprint density at radius 3 is 2.27 bits per heavy atom. The number of ether oxygens (including phenoxy) is 4. The van der Waals surface area contributed by atoms with Gasteiger partial charge in [0.15, 0.2) is 11.5 Å². The molecule has 4 heterocycles. The van der Waals surface area contributed by atoms with E-state index in [1.54, 1.807) is 36.5 Å². The second-order valence-electron chi connectivity index (χ2n) is 8.10. The molecule has 0 bridgehead atoms. The van der Waals surface area contributed by atoms with Crippen LogP contribution in [0.5, 0.6) is 11.5 Å². The molecule has 2 saturated heterocycles. The van der Waals surface area contributed by atoms with Gasteiger partial charge in [-0.3, -0.25) is 0 Å². The summed E-state index contributed by atoms with van der Waals surface area (Å²) in [6.45, 7) is 5.33. The van der Waals surface area contributed by atoms with Gasteiger partial charge in [0, 0.05) is 26.2 Å².